The van der Waals surface area contributed by atoms with E-state index >= 15 is 0 Å². The fraction of sp³-hybridized carbons (Fsp3) is 0.600. The summed E-state index contributed by atoms with van der Waals surface area (Å²) in [4.78, 5) is 1.80. The molecule has 1 aromatic rings. The maximum atomic E-state index is 13.1. The molecule has 1 saturated heterocycles. The van der Waals surface area contributed by atoms with Crippen LogP contribution < -0.4 is 14.8 Å². The zero-order valence-electron chi connectivity index (χ0n) is 13.0. The number of nitrogens with one attached hydrogen (secondary N) is 1. The van der Waals surface area contributed by atoms with Gasteiger partial charge in [-0.3, -0.25) is 4.90 Å². The normalized spacial score (nSPS) is 17.8. The summed E-state index contributed by atoms with van der Waals surface area (Å²) in [6.45, 7) is 2.37. The van der Waals surface area contributed by atoms with Crippen LogP contribution in [-0.4, -0.2) is 51.5 Å². The van der Waals surface area contributed by atoms with Crippen LogP contribution in [0.25, 0.3) is 0 Å². The van der Waals surface area contributed by atoms with E-state index in [1.165, 1.54) is 14.2 Å². The molecule has 0 saturated carbocycles. The summed E-state index contributed by atoms with van der Waals surface area (Å²) in [5.41, 5.74) is 0.406. The van der Waals surface area contributed by atoms with Crippen molar-refractivity contribution in [1.82, 2.24) is 10.2 Å². The predicted molar refractivity (Wildman–Crippen MR) is 82.4 cm³/mol. The van der Waals surface area contributed by atoms with Gasteiger partial charge < -0.3 is 14.8 Å². The maximum Gasteiger partial charge on any atom is 0.390 e. The van der Waals surface area contributed by atoms with Crippen molar-refractivity contribution in [1.29, 1.82) is 0 Å². The van der Waals surface area contributed by atoms with Crippen LogP contribution in [0.1, 0.15) is 18.0 Å². The van der Waals surface area contributed by atoms with Crippen molar-refractivity contribution in [3.05, 3.63) is 22.7 Å². The van der Waals surface area contributed by atoms with Crippen molar-refractivity contribution in [2.75, 3.05) is 40.4 Å². The highest BCUT2D eigenvalue weighted by atomic mass is 35.5. The Hall–Kier alpha value is -1.18. The number of piperazine rings is 1. The Morgan fingerprint density at radius 1 is 1.22 bits per heavy atom. The van der Waals surface area contributed by atoms with Gasteiger partial charge >= 0.3 is 6.18 Å². The van der Waals surface area contributed by atoms with Gasteiger partial charge in [0.25, 0.3) is 0 Å². The smallest absolute Gasteiger partial charge is 0.390 e. The van der Waals surface area contributed by atoms with E-state index in [9.17, 15) is 13.2 Å². The first-order valence-corrected chi connectivity index (χ1v) is 7.67. The maximum absolute atomic E-state index is 13.1. The van der Waals surface area contributed by atoms with Gasteiger partial charge in [0.2, 0.25) is 0 Å². The summed E-state index contributed by atoms with van der Waals surface area (Å²) in [5, 5.41) is 3.31. The molecule has 0 spiro atoms. The van der Waals surface area contributed by atoms with Gasteiger partial charge in [-0.1, -0.05) is 17.7 Å². The van der Waals surface area contributed by atoms with Crippen molar-refractivity contribution in [3.63, 3.8) is 0 Å². The van der Waals surface area contributed by atoms with Crippen LogP contribution in [0.5, 0.6) is 11.5 Å². The Morgan fingerprint density at radius 2 is 1.87 bits per heavy atom. The van der Waals surface area contributed by atoms with E-state index in [0.717, 1.165) is 0 Å². The fourth-order valence-electron chi connectivity index (χ4n) is 2.81. The van der Waals surface area contributed by atoms with Gasteiger partial charge in [-0.2, -0.15) is 13.2 Å². The molecule has 130 valence electrons. The van der Waals surface area contributed by atoms with E-state index in [-0.39, 0.29) is 10.8 Å². The Balaban J connectivity index is 2.41. The van der Waals surface area contributed by atoms with E-state index in [1.54, 1.807) is 17.0 Å². The molecule has 1 aliphatic heterocycles. The van der Waals surface area contributed by atoms with E-state index in [2.05, 4.69) is 5.32 Å². The molecule has 0 amide bonds. The minimum atomic E-state index is -4.29. The second-order valence-corrected chi connectivity index (χ2v) is 5.70. The van der Waals surface area contributed by atoms with Gasteiger partial charge in [0.05, 0.1) is 25.7 Å². The molecule has 1 atom stereocenters. The van der Waals surface area contributed by atoms with Crippen LogP contribution in [0.2, 0.25) is 5.02 Å². The first-order valence-electron chi connectivity index (χ1n) is 7.29. The van der Waals surface area contributed by atoms with Crippen molar-refractivity contribution in [3.8, 4) is 11.5 Å². The van der Waals surface area contributed by atoms with E-state index in [1.807, 2.05) is 0 Å². The summed E-state index contributed by atoms with van der Waals surface area (Å²) in [6.07, 6.45) is -5.24. The highest BCUT2D eigenvalue weighted by Gasteiger charge is 2.37. The van der Waals surface area contributed by atoms with Crippen LogP contribution in [0.4, 0.5) is 13.2 Å². The lowest BCUT2D eigenvalue weighted by atomic mass is 10.00. The Kier molecular flexibility index (Phi) is 6.00. The SMILES string of the molecule is COc1ccc([C@H](CC(F)(F)F)N2CCNCC2)c(Cl)c1OC. The lowest BCUT2D eigenvalue weighted by Gasteiger charge is -2.36. The average molecular weight is 353 g/mol. The van der Waals surface area contributed by atoms with Crippen LogP contribution in [0, 0.1) is 0 Å². The molecule has 0 aliphatic carbocycles. The number of nitrogens with zero attached hydrogens (tertiary/aromatic N) is 1. The van der Waals surface area contributed by atoms with Crippen LogP contribution in [0.15, 0.2) is 12.1 Å². The number of halogens is 4. The number of methoxy groups -OCH3 is 2. The third-order valence-electron chi connectivity index (χ3n) is 3.89. The zero-order chi connectivity index (χ0) is 17.0. The second kappa shape index (κ2) is 7.59. The molecule has 1 heterocycles. The topological polar surface area (TPSA) is 33.7 Å². The van der Waals surface area contributed by atoms with E-state index < -0.39 is 18.6 Å². The van der Waals surface area contributed by atoms with Gasteiger partial charge in [0.1, 0.15) is 0 Å². The van der Waals surface area contributed by atoms with Crippen molar-refractivity contribution in [2.45, 2.75) is 18.6 Å². The van der Waals surface area contributed by atoms with Crippen LogP contribution in [0.3, 0.4) is 0 Å². The first kappa shape index (κ1) is 18.2. The molecule has 0 radical (unpaired) electrons. The number of hydrogen-bond donors (Lipinski definition) is 1. The molecule has 1 aliphatic rings. The van der Waals surface area contributed by atoms with E-state index in [4.69, 9.17) is 21.1 Å². The number of alkyl halides is 3. The third kappa shape index (κ3) is 4.43. The highest BCUT2D eigenvalue weighted by Crippen LogP contribution is 2.44. The standard InChI is InChI=1S/C15H20ClF3N2O2/c1-22-12-4-3-10(13(16)14(12)23-2)11(9-15(17,18)19)21-7-5-20-6-8-21/h3-4,11,20H,5-9H2,1-2H3/t11-/m0/s1. The number of hydrogen-bond acceptors (Lipinski definition) is 4. The molecule has 0 bridgehead atoms. The van der Waals surface area contributed by atoms with Crippen molar-refractivity contribution < 1.29 is 22.6 Å². The molecule has 4 nitrogen and oxygen atoms in total. The summed E-state index contributed by atoms with van der Waals surface area (Å²) in [5.74, 6) is 0.654. The number of rotatable bonds is 5. The predicted octanol–water partition coefficient (Wildman–Crippen LogP) is 3.26. The first-order chi connectivity index (χ1) is 10.9. The van der Waals surface area contributed by atoms with Gasteiger partial charge in [0.15, 0.2) is 11.5 Å². The lowest BCUT2D eigenvalue weighted by molar-refractivity contribution is -0.148. The van der Waals surface area contributed by atoms with Crippen LogP contribution >= 0.6 is 11.6 Å². The number of ether oxygens (including phenoxy) is 2. The van der Waals surface area contributed by atoms with Gasteiger partial charge in [0, 0.05) is 32.2 Å². The molecular weight excluding hydrogens is 333 g/mol. The Morgan fingerprint density at radius 3 is 2.39 bits per heavy atom. The minimum absolute atomic E-state index is 0.166. The molecular formula is C15H20ClF3N2O2. The monoisotopic (exact) mass is 352 g/mol. The second-order valence-electron chi connectivity index (χ2n) is 5.33. The minimum Gasteiger partial charge on any atom is -0.493 e. The molecule has 0 unspecified atom stereocenters. The summed E-state index contributed by atoms with van der Waals surface area (Å²) in [6, 6.07) is 2.33. The molecule has 1 fully saturated rings. The molecule has 23 heavy (non-hydrogen) atoms. The van der Waals surface area contributed by atoms with Crippen molar-refractivity contribution >= 4 is 11.6 Å². The fourth-order valence-corrected chi connectivity index (χ4v) is 3.17. The zero-order valence-corrected chi connectivity index (χ0v) is 13.8. The van der Waals surface area contributed by atoms with Gasteiger partial charge in [-0.05, 0) is 11.6 Å². The quantitative estimate of drug-likeness (QED) is 0.882. The summed E-state index contributed by atoms with van der Waals surface area (Å²) >= 11 is 6.32. The molecule has 2 rings (SSSR count). The largest absolute Gasteiger partial charge is 0.493 e. The molecule has 8 heteroatoms. The van der Waals surface area contributed by atoms with Gasteiger partial charge in [-0.15, -0.1) is 0 Å². The Bertz CT molecular complexity index is 534. The molecule has 1 N–H and O–H groups in total. The van der Waals surface area contributed by atoms with Gasteiger partial charge in [-0.25, -0.2) is 0 Å². The molecule has 0 aromatic heterocycles. The summed E-state index contributed by atoms with van der Waals surface area (Å²) < 4.78 is 49.5. The average Bonchev–Trinajstić information content (AvgIpc) is 2.52. The highest BCUT2D eigenvalue weighted by molar-refractivity contribution is 6.33. The number of benzene rings is 1. The van der Waals surface area contributed by atoms with E-state index in [0.29, 0.717) is 37.5 Å². The summed E-state index contributed by atoms with van der Waals surface area (Å²) in [7, 11) is 2.87. The molecule has 1 aromatic carbocycles. The lowest BCUT2D eigenvalue weighted by Crippen LogP contribution is -2.46. The Labute approximate surface area is 138 Å². The van der Waals surface area contributed by atoms with Crippen LogP contribution in [-0.2, 0) is 0 Å². The van der Waals surface area contributed by atoms with Crippen molar-refractivity contribution in [2.24, 2.45) is 0 Å². The third-order valence-corrected chi connectivity index (χ3v) is 4.28.